The summed E-state index contributed by atoms with van der Waals surface area (Å²) in [5.74, 6) is 0.0533. The molecule has 0 bridgehead atoms. The second-order valence-electron chi connectivity index (χ2n) is 6.79. The molecule has 28 heavy (non-hydrogen) atoms. The van der Waals surface area contributed by atoms with Gasteiger partial charge >= 0.3 is 5.76 Å². The molecule has 3 aromatic rings. The lowest BCUT2D eigenvalue weighted by atomic mass is 9.96. The maximum atomic E-state index is 12.5. The van der Waals surface area contributed by atoms with Gasteiger partial charge in [0.05, 0.1) is 12.2 Å². The number of anilines is 1. The van der Waals surface area contributed by atoms with Gasteiger partial charge in [0.1, 0.15) is 5.82 Å². The first-order valence-electron chi connectivity index (χ1n) is 8.93. The Balaban J connectivity index is 1.37. The number of benzene rings is 1. The van der Waals surface area contributed by atoms with Crippen LogP contribution >= 0.6 is 27.5 Å². The highest BCUT2D eigenvalue weighted by molar-refractivity contribution is 9.10. The van der Waals surface area contributed by atoms with Gasteiger partial charge in [0.15, 0.2) is 5.58 Å². The number of amides is 1. The topological polar surface area (TPSA) is 80.4 Å². The number of hydrogen-bond acceptors (Lipinski definition) is 5. The lowest BCUT2D eigenvalue weighted by molar-refractivity contribution is -0.121. The van der Waals surface area contributed by atoms with E-state index in [1.54, 1.807) is 35.0 Å². The van der Waals surface area contributed by atoms with Gasteiger partial charge in [-0.1, -0.05) is 11.6 Å². The Kier molecular flexibility index (Phi) is 5.52. The number of carbonyl (C=O) groups is 1. The lowest BCUT2D eigenvalue weighted by Crippen LogP contribution is -2.40. The monoisotopic (exact) mass is 464 g/mol. The highest BCUT2D eigenvalue weighted by Crippen LogP contribution is 2.22. The highest BCUT2D eigenvalue weighted by Gasteiger charge is 2.26. The number of aromatic nitrogens is 2. The van der Waals surface area contributed by atoms with Crippen LogP contribution in [0.2, 0.25) is 5.02 Å². The van der Waals surface area contributed by atoms with Crippen LogP contribution in [0.5, 0.6) is 0 Å². The number of piperidine rings is 1. The minimum absolute atomic E-state index is 0.0185. The number of fused-ring (bicyclic) bond motifs is 1. The van der Waals surface area contributed by atoms with Crippen LogP contribution in [-0.2, 0) is 11.5 Å². The molecule has 1 aliphatic heterocycles. The zero-order valence-electron chi connectivity index (χ0n) is 14.9. The van der Waals surface area contributed by atoms with E-state index in [1.807, 2.05) is 6.07 Å². The first-order chi connectivity index (χ1) is 13.5. The minimum Gasteiger partial charge on any atom is -0.408 e. The van der Waals surface area contributed by atoms with Crippen molar-refractivity contribution >= 4 is 50.4 Å². The molecule has 0 saturated carbocycles. The van der Waals surface area contributed by atoms with Crippen molar-refractivity contribution in [3.63, 3.8) is 0 Å². The number of halogens is 2. The molecule has 1 N–H and O–H groups in total. The van der Waals surface area contributed by atoms with E-state index in [0.717, 1.165) is 35.9 Å². The SMILES string of the molecule is O=C(Nc1ccc(Br)cn1)C1CCN(Cn2c(=O)oc3cc(Cl)ccc32)CC1. The maximum Gasteiger partial charge on any atom is 0.421 e. The molecule has 1 aromatic carbocycles. The van der Waals surface area contributed by atoms with Crippen LogP contribution in [0.3, 0.4) is 0 Å². The van der Waals surface area contributed by atoms with Crippen molar-refractivity contribution in [2.75, 3.05) is 18.4 Å². The molecule has 1 amide bonds. The van der Waals surface area contributed by atoms with Crippen molar-refractivity contribution in [3.05, 3.63) is 56.6 Å². The molecule has 146 valence electrons. The van der Waals surface area contributed by atoms with Gasteiger partial charge < -0.3 is 9.73 Å². The molecule has 0 atom stereocenters. The van der Waals surface area contributed by atoms with Gasteiger partial charge in [-0.25, -0.2) is 9.78 Å². The van der Waals surface area contributed by atoms with Gasteiger partial charge in [-0.05, 0) is 53.0 Å². The van der Waals surface area contributed by atoms with Crippen LogP contribution in [0.4, 0.5) is 5.82 Å². The fourth-order valence-corrected chi connectivity index (χ4v) is 3.79. The number of hydrogen-bond donors (Lipinski definition) is 1. The van der Waals surface area contributed by atoms with E-state index in [0.29, 0.717) is 23.1 Å². The van der Waals surface area contributed by atoms with Crippen molar-refractivity contribution < 1.29 is 9.21 Å². The summed E-state index contributed by atoms with van der Waals surface area (Å²) in [5, 5.41) is 3.39. The van der Waals surface area contributed by atoms with Gasteiger partial charge in [-0.15, -0.1) is 0 Å². The van der Waals surface area contributed by atoms with Crippen molar-refractivity contribution in [2.45, 2.75) is 19.5 Å². The second-order valence-corrected chi connectivity index (χ2v) is 8.14. The van der Waals surface area contributed by atoms with Crippen LogP contribution < -0.4 is 11.1 Å². The van der Waals surface area contributed by atoms with E-state index in [4.69, 9.17) is 16.0 Å². The Labute approximate surface area is 174 Å². The molecule has 0 radical (unpaired) electrons. The fourth-order valence-electron chi connectivity index (χ4n) is 3.39. The standard InChI is InChI=1S/C19H18BrClN4O3/c20-13-1-4-17(22-10-13)23-18(26)12-5-7-24(8-6-12)11-25-15-3-2-14(21)9-16(15)28-19(25)27/h1-4,9-10,12H,5-8,11H2,(H,22,23,26). The number of oxazole rings is 1. The van der Waals surface area contributed by atoms with Gasteiger partial charge in [0.2, 0.25) is 5.91 Å². The fraction of sp³-hybridized carbons (Fsp3) is 0.316. The molecule has 9 heteroatoms. The average Bonchev–Trinajstić information content (AvgIpc) is 2.98. The Morgan fingerprint density at radius 3 is 2.79 bits per heavy atom. The number of nitrogens with one attached hydrogen (secondary N) is 1. The quantitative estimate of drug-likeness (QED) is 0.635. The molecule has 0 spiro atoms. The van der Waals surface area contributed by atoms with E-state index >= 15 is 0 Å². The molecule has 2 aromatic heterocycles. The predicted molar refractivity (Wildman–Crippen MR) is 110 cm³/mol. The van der Waals surface area contributed by atoms with Crippen molar-refractivity contribution in [1.82, 2.24) is 14.5 Å². The van der Waals surface area contributed by atoms with Crippen LogP contribution in [0, 0.1) is 5.92 Å². The van der Waals surface area contributed by atoms with Crippen LogP contribution in [-0.4, -0.2) is 33.4 Å². The molecule has 0 aliphatic carbocycles. The summed E-state index contributed by atoms with van der Waals surface area (Å²) in [6.45, 7) is 1.87. The summed E-state index contributed by atoms with van der Waals surface area (Å²) < 4.78 is 7.74. The molecular weight excluding hydrogens is 448 g/mol. The highest BCUT2D eigenvalue weighted by atomic mass is 79.9. The summed E-state index contributed by atoms with van der Waals surface area (Å²) >= 11 is 9.28. The molecule has 1 fully saturated rings. The van der Waals surface area contributed by atoms with Crippen molar-refractivity contribution in [2.24, 2.45) is 5.92 Å². The van der Waals surface area contributed by atoms with Crippen LogP contribution in [0.25, 0.3) is 11.1 Å². The Bertz CT molecular complexity index is 1060. The zero-order chi connectivity index (χ0) is 19.7. The number of rotatable bonds is 4. The summed E-state index contributed by atoms with van der Waals surface area (Å²) in [6, 6.07) is 8.77. The summed E-state index contributed by atoms with van der Waals surface area (Å²) in [4.78, 5) is 31.0. The molecule has 1 saturated heterocycles. The molecule has 1 aliphatic rings. The number of carbonyl (C=O) groups excluding carboxylic acids is 1. The van der Waals surface area contributed by atoms with E-state index in [2.05, 4.69) is 31.1 Å². The third-order valence-electron chi connectivity index (χ3n) is 4.91. The van der Waals surface area contributed by atoms with Gasteiger partial charge in [0, 0.05) is 40.8 Å². The predicted octanol–water partition coefficient (Wildman–Crippen LogP) is 3.71. The average molecular weight is 466 g/mol. The van der Waals surface area contributed by atoms with Crippen LogP contribution in [0.15, 0.2) is 50.2 Å². The van der Waals surface area contributed by atoms with Crippen molar-refractivity contribution in [1.29, 1.82) is 0 Å². The molecule has 3 heterocycles. The molecular formula is C19H18BrClN4O3. The van der Waals surface area contributed by atoms with E-state index in [9.17, 15) is 9.59 Å². The summed E-state index contributed by atoms with van der Waals surface area (Å²) in [5.41, 5.74) is 1.20. The smallest absolute Gasteiger partial charge is 0.408 e. The third-order valence-corrected chi connectivity index (χ3v) is 5.61. The third kappa shape index (κ3) is 4.14. The Hall–Kier alpha value is -2.16. The van der Waals surface area contributed by atoms with Crippen LogP contribution in [0.1, 0.15) is 12.8 Å². The van der Waals surface area contributed by atoms with Gasteiger partial charge in [0.25, 0.3) is 0 Å². The first-order valence-corrected chi connectivity index (χ1v) is 10.1. The van der Waals surface area contributed by atoms with Crippen molar-refractivity contribution in [3.8, 4) is 0 Å². The lowest BCUT2D eigenvalue weighted by Gasteiger charge is -2.31. The summed E-state index contributed by atoms with van der Waals surface area (Å²) in [7, 11) is 0. The molecule has 7 nitrogen and oxygen atoms in total. The second kappa shape index (κ2) is 8.06. The Morgan fingerprint density at radius 2 is 2.07 bits per heavy atom. The maximum absolute atomic E-state index is 12.5. The van der Waals surface area contributed by atoms with Gasteiger partial charge in [-0.2, -0.15) is 0 Å². The number of pyridine rings is 1. The van der Waals surface area contributed by atoms with E-state index in [-0.39, 0.29) is 11.8 Å². The first kappa shape index (κ1) is 19.2. The molecule has 4 rings (SSSR count). The molecule has 0 unspecified atom stereocenters. The van der Waals surface area contributed by atoms with E-state index in [1.165, 1.54) is 0 Å². The zero-order valence-corrected chi connectivity index (χ0v) is 17.2. The van der Waals surface area contributed by atoms with Gasteiger partial charge in [-0.3, -0.25) is 14.3 Å². The summed E-state index contributed by atoms with van der Waals surface area (Å²) in [6.07, 6.45) is 3.09. The normalized spacial score (nSPS) is 15.8. The van der Waals surface area contributed by atoms with E-state index < -0.39 is 5.76 Å². The number of likely N-dealkylation sites (tertiary alicyclic amines) is 1. The largest absolute Gasteiger partial charge is 0.421 e. The number of nitrogens with zero attached hydrogens (tertiary/aromatic N) is 3. The Morgan fingerprint density at radius 1 is 1.29 bits per heavy atom. The minimum atomic E-state index is -0.404.